The van der Waals surface area contributed by atoms with Gasteiger partial charge in [0.15, 0.2) is 0 Å². The Kier molecular flexibility index (Phi) is 3.71. The number of hydrogen-bond donors (Lipinski definition) is 2. The van der Waals surface area contributed by atoms with Gasteiger partial charge in [-0.25, -0.2) is 4.98 Å². The van der Waals surface area contributed by atoms with E-state index in [1.165, 1.54) is 0 Å². The molecule has 100 valence electrons. The molecule has 5 heteroatoms. The van der Waals surface area contributed by atoms with Crippen LogP contribution >= 0.6 is 0 Å². The van der Waals surface area contributed by atoms with Gasteiger partial charge in [-0.2, -0.15) is 0 Å². The van der Waals surface area contributed by atoms with Crippen molar-refractivity contribution in [2.75, 3.05) is 13.1 Å². The number of nitrogens with two attached hydrogens (primary N) is 1. The highest BCUT2D eigenvalue weighted by atomic mass is 15.2. The van der Waals surface area contributed by atoms with E-state index < -0.39 is 0 Å². The van der Waals surface area contributed by atoms with Crippen molar-refractivity contribution in [1.29, 1.82) is 5.41 Å². The Hall–Kier alpha value is -1.36. The van der Waals surface area contributed by atoms with Crippen molar-refractivity contribution in [3.05, 3.63) is 18.2 Å². The number of aromatic nitrogens is 2. The molecule has 3 N–H and O–H groups in total. The van der Waals surface area contributed by atoms with Gasteiger partial charge in [-0.1, -0.05) is 13.8 Å². The first-order valence-corrected chi connectivity index (χ1v) is 6.56. The normalized spacial score (nSPS) is 16.6. The molecule has 0 saturated heterocycles. The lowest BCUT2D eigenvalue weighted by Gasteiger charge is -2.29. The van der Waals surface area contributed by atoms with E-state index in [0.29, 0.717) is 0 Å². The van der Waals surface area contributed by atoms with Crippen LogP contribution in [0.1, 0.15) is 32.5 Å². The maximum atomic E-state index is 7.55. The molecule has 18 heavy (non-hydrogen) atoms. The van der Waals surface area contributed by atoms with Gasteiger partial charge in [0.05, 0.1) is 12.4 Å². The van der Waals surface area contributed by atoms with E-state index in [9.17, 15) is 0 Å². The summed E-state index contributed by atoms with van der Waals surface area (Å²) in [6.07, 6.45) is 5.96. The van der Waals surface area contributed by atoms with Gasteiger partial charge in [-0.3, -0.25) is 10.3 Å². The van der Waals surface area contributed by atoms with E-state index in [1.54, 1.807) is 0 Å². The molecular formula is C13H23N5. The van der Waals surface area contributed by atoms with Crippen LogP contribution in [0.2, 0.25) is 0 Å². The molecule has 0 aliphatic carbocycles. The second kappa shape index (κ2) is 5.10. The molecule has 0 aromatic carbocycles. The molecule has 0 fully saturated rings. The third-order valence-corrected chi connectivity index (χ3v) is 3.83. The highest BCUT2D eigenvalue weighted by Crippen LogP contribution is 2.22. The summed E-state index contributed by atoms with van der Waals surface area (Å²) in [5.41, 5.74) is 5.42. The van der Waals surface area contributed by atoms with Gasteiger partial charge in [-0.15, -0.1) is 0 Å². The fraction of sp³-hybridized carbons (Fsp3) is 0.692. The molecule has 1 aromatic rings. The average Bonchev–Trinajstić information content (AvgIpc) is 2.75. The Bertz CT molecular complexity index is 421. The van der Waals surface area contributed by atoms with Crippen molar-refractivity contribution < 1.29 is 0 Å². The third-order valence-electron chi connectivity index (χ3n) is 3.83. The number of imidazole rings is 1. The van der Waals surface area contributed by atoms with Gasteiger partial charge in [0.2, 0.25) is 0 Å². The van der Waals surface area contributed by atoms with Crippen molar-refractivity contribution in [2.24, 2.45) is 11.1 Å². The van der Waals surface area contributed by atoms with Gasteiger partial charge >= 0.3 is 0 Å². The first-order valence-electron chi connectivity index (χ1n) is 6.56. The van der Waals surface area contributed by atoms with Crippen molar-refractivity contribution in [3.63, 3.8) is 0 Å². The fourth-order valence-corrected chi connectivity index (χ4v) is 2.29. The smallest absolute Gasteiger partial charge is 0.122 e. The molecule has 1 aliphatic rings. The molecule has 0 atom stereocenters. The van der Waals surface area contributed by atoms with Crippen LogP contribution in [0.25, 0.3) is 0 Å². The Balaban J connectivity index is 1.78. The Morgan fingerprint density at radius 3 is 3.00 bits per heavy atom. The molecule has 1 aromatic heterocycles. The largest absolute Gasteiger partial charge is 0.387 e. The van der Waals surface area contributed by atoms with E-state index in [-0.39, 0.29) is 11.3 Å². The Morgan fingerprint density at radius 2 is 2.28 bits per heavy atom. The van der Waals surface area contributed by atoms with E-state index in [2.05, 4.69) is 14.5 Å². The number of fused-ring (bicyclic) bond motifs is 1. The third kappa shape index (κ3) is 2.90. The predicted octanol–water partition coefficient (Wildman–Crippen LogP) is 1.44. The SMILES string of the molecule is CC(C)(CCCN1CCn2ccnc2C1)C(=N)N. The summed E-state index contributed by atoms with van der Waals surface area (Å²) in [5, 5.41) is 7.55. The summed E-state index contributed by atoms with van der Waals surface area (Å²) in [4.78, 5) is 6.79. The quantitative estimate of drug-likeness (QED) is 0.613. The monoisotopic (exact) mass is 249 g/mol. The highest BCUT2D eigenvalue weighted by molar-refractivity contribution is 5.82. The number of amidine groups is 1. The van der Waals surface area contributed by atoms with Gasteiger partial charge in [0, 0.05) is 30.9 Å². The van der Waals surface area contributed by atoms with Crippen LogP contribution < -0.4 is 5.73 Å². The maximum Gasteiger partial charge on any atom is 0.122 e. The lowest BCUT2D eigenvalue weighted by atomic mass is 9.86. The zero-order valence-electron chi connectivity index (χ0n) is 11.3. The van der Waals surface area contributed by atoms with Gasteiger partial charge in [0.1, 0.15) is 5.82 Å². The van der Waals surface area contributed by atoms with Crippen molar-refractivity contribution in [1.82, 2.24) is 14.5 Å². The molecule has 5 nitrogen and oxygen atoms in total. The summed E-state index contributed by atoms with van der Waals surface area (Å²) in [5.74, 6) is 1.45. The summed E-state index contributed by atoms with van der Waals surface area (Å²) in [6.45, 7) is 8.20. The molecule has 0 radical (unpaired) electrons. The van der Waals surface area contributed by atoms with E-state index in [0.717, 1.165) is 44.8 Å². The van der Waals surface area contributed by atoms with Crippen LogP contribution in [-0.4, -0.2) is 33.4 Å². The van der Waals surface area contributed by atoms with E-state index in [1.807, 2.05) is 26.2 Å². The molecule has 0 bridgehead atoms. The fourth-order valence-electron chi connectivity index (χ4n) is 2.29. The molecule has 0 saturated carbocycles. The summed E-state index contributed by atoms with van der Waals surface area (Å²) >= 11 is 0. The maximum absolute atomic E-state index is 7.55. The van der Waals surface area contributed by atoms with Crippen molar-refractivity contribution >= 4 is 5.84 Å². The van der Waals surface area contributed by atoms with Gasteiger partial charge < -0.3 is 10.3 Å². The van der Waals surface area contributed by atoms with Crippen molar-refractivity contribution in [2.45, 2.75) is 39.8 Å². The highest BCUT2D eigenvalue weighted by Gasteiger charge is 2.22. The van der Waals surface area contributed by atoms with Crippen LogP contribution in [0.3, 0.4) is 0 Å². The average molecular weight is 249 g/mol. The zero-order chi connectivity index (χ0) is 13.2. The van der Waals surface area contributed by atoms with Crippen LogP contribution in [-0.2, 0) is 13.1 Å². The number of rotatable bonds is 5. The van der Waals surface area contributed by atoms with E-state index in [4.69, 9.17) is 11.1 Å². The second-order valence-corrected chi connectivity index (χ2v) is 5.71. The molecule has 2 rings (SSSR count). The Labute approximate surface area is 108 Å². The van der Waals surface area contributed by atoms with Crippen molar-refractivity contribution in [3.8, 4) is 0 Å². The summed E-state index contributed by atoms with van der Waals surface area (Å²) < 4.78 is 2.22. The molecule has 0 spiro atoms. The standard InChI is InChI=1S/C13H23N5/c1-13(2,12(14)15)4-3-6-17-8-9-18-7-5-16-11(18)10-17/h5,7H,3-4,6,8-10H2,1-2H3,(H3,14,15). The van der Waals surface area contributed by atoms with Crippen LogP contribution in [0.4, 0.5) is 0 Å². The minimum atomic E-state index is -0.172. The first-order chi connectivity index (χ1) is 8.49. The lowest BCUT2D eigenvalue weighted by molar-refractivity contribution is 0.207. The van der Waals surface area contributed by atoms with Crippen LogP contribution in [0.5, 0.6) is 0 Å². The molecule has 2 heterocycles. The summed E-state index contributed by atoms with van der Waals surface area (Å²) in [7, 11) is 0. The molecule has 1 aliphatic heterocycles. The van der Waals surface area contributed by atoms with Gasteiger partial charge in [0.25, 0.3) is 0 Å². The molecular weight excluding hydrogens is 226 g/mol. The second-order valence-electron chi connectivity index (χ2n) is 5.71. The summed E-state index contributed by atoms with van der Waals surface area (Å²) in [6, 6.07) is 0. The van der Waals surface area contributed by atoms with Crippen LogP contribution in [0, 0.1) is 10.8 Å². The molecule has 0 unspecified atom stereocenters. The van der Waals surface area contributed by atoms with Gasteiger partial charge in [-0.05, 0) is 19.4 Å². The Morgan fingerprint density at radius 1 is 1.50 bits per heavy atom. The zero-order valence-corrected chi connectivity index (χ0v) is 11.3. The van der Waals surface area contributed by atoms with E-state index >= 15 is 0 Å². The first kappa shape index (κ1) is 13.1. The lowest BCUT2D eigenvalue weighted by Crippen LogP contribution is -2.36. The number of nitrogens with one attached hydrogen (secondary N) is 1. The molecule has 0 amide bonds. The predicted molar refractivity (Wildman–Crippen MR) is 72.4 cm³/mol. The minimum Gasteiger partial charge on any atom is -0.387 e. The number of nitrogens with zero attached hydrogens (tertiary/aromatic N) is 3. The topological polar surface area (TPSA) is 70.9 Å². The van der Waals surface area contributed by atoms with Crippen LogP contribution in [0.15, 0.2) is 12.4 Å². The minimum absolute atomic E-state index is 0.172. The number of hydrogen-bond acceptors (Lipinski definition) is 3.